The van der Waals surface area contributed by atoms with E-state index in [1.54, 1.807) is 28.3 Å². The van der Waals surface area contributed by atoms with E-state index in [4.69, 9.17) is 9.72 Å². The number of β-amino-alcohol motifs (C(OH)–C–C–N with tert-alkyl or cyclic N) is 1. The van der Waals surface area contributed by atoms with Crippen molar-refractivity contribution in [2.45, 2.75) is 32.0 Å². The number of likely N-dealkylation sites (tertiary alicyclic amines) is 1. The molecule has 4 aromatic heterocycles. The molecule has 5 aromatic rings. The van der Waals surface area contributed by atoms with Crippen molar-refractivity contribution in [2.75, 3.05) is 13.2 Å². The molecule has 178 valence electrons. The largest absolute Gasteiger partial charge is 0.492 e. The number of nitrogens with zero attached hydrogens (tertiary/aromatic N) is 7. The maximum Gasteiger partial charge on any atom is 0.220 e. The average Bonchev–Trinajstić information content (AvgIpc) is 3.64. The van der Waals surface area contributed by atoms with Crippen LogP contribution in [0.25, 0.3) is 27.9 Å². The van der Waals surface area contributed by atoms with E-state index in [2.05, 4.69) is 20.2 Å². The Morgan fingerprint density at radius 2 is 1.97 bits per heavy atom. The molecular weight excluding hydrogens is 448 g/mol. The summed E-state index contributed by atoms with van der Waals surface area (Å²) in [6.07, 6.45) is 6.74. The number of carbonyl (C=O) groups excluding carboxylic acids is 1. The van der Waals surface area contributed by atoms with Crippen molar-refractivity contribution in [1.29, 1.82) is 0 Å². The van der Waals surface area contributed by atoms with Crippen molar-refractivity contribution in [1.82, 2.24) is 39.2 Å². The van der Waals surface area contributed by atoms with Crippen LogP contribution >= 0.6 is 0 Å². The lowest BCUT2D eigenvalue weighted by Crippen LogP contribution is -2.30. The lowest BCUT2D eigenvalue weighted by molar-refractivity contribution is -0.130. The predicted octanol–water partition coefficient (Wildman–Crippen LogP) is 2.20. The van der Waals surface area contributed by atoms with Gasteiger partial charge >= 0.3 is 0 Å². The number of hydrogen-bond acceptors (Lipinski definition) is 7. The first-order valence-electron chi connectivity index (χ1n) is 11.5. The highest BCUT2D eigenvalue weighted by molar-refractivity contribution is 5.84. The topological polar surface area (TPSA) is 126 Å². The fourth-order valence-corrected chi connectivity index (χ4v) is 4.74. The summed E-state index contributed by atoms with van der Waals surface area (Å²) in [5.41, 5.74) is 4.09. The molecule has 0 saturated carbocycles. The van der Waals surface area contributed by atoms with Crippen molar-refractivity contribution in [2.24, 2.45) is 0 Å². The van der Waals surface area contributed by atoms with Gasteiger partial charge in [0.2, 0.25) is 5.91 Å². The second-order valence-electron chi connectivity index (χ2n) is 8.58. The quantitative estimate of drug-likeness (QED) is 0.388. The number of aliphatic hydroxyl groups excluding tert-OH is 1. The number of amides is 1. The summed E-state index contributed by atoms with van der Waals surface area (Å²) < 4.78 is 7.86. The van der Waals surface area contributed by atoms with E-state index in [-0.39, 0.29) is 11.9 Å². The van der Waals surface area contributed by atoms with Crippen molar-refractivity contribution in [3.63, 3.8) is 0 Å². The predicted molar refractivity (Wildman–Crippen MR) is 127 cm³/mol. The van der Waals surface area contributed by atoms with Gasteiger partial charge in [-0.3, -0.25) is 9.20 Å². The standard InChI is InChI=1S/C24H24N8O3/c1-15(33)30-14-17(34)12-20(30)24-29-22(21-13-26-23-19(32(21)24)6-7-25-23)16-2-4-18(5-3-16)35-11-10-31-27-8-9-28-31/h2-9,13,17,20,25,34H,10-12,14H2,1H3/t17-,20-/m1/s1. The van der Waals surface area contributed by atoms with Gasteiger partial charge in [0.1, 0.15) is 18.2 Å². The van der Waals surface area contributed by atoms with E-state index in [1.165, 1.54) is 6.92 Å². The molecule has 0 radical (unpaired) electrons. The summed E-state index contributed by atoms with van der Waals surface area (Å²) in [5.74, 6) is 1.36. The Kier molecular flexibility index (Phi) is 5.18. The molecule has 1 aromatic carbocycles. The van der Waals surface area contributed by atoms with Gasteiger partial charge in [-0.2, -0.15) is 15.0 Å². The number of benzene rings is 1. The lowest BCUT2D eigenvalue weighted by Gasteiger charge is -2.22. The molecule has 1 fully saturated rings. The van der Waals surface area contributed by atoms with Crippen molar-refractivity contribution >= 4 is 22.6 Å². The number of hydrogen-bond donors (Lipinski definition) is 2. The molecule has 2 atom stereocenters. The molecule has 0 unspecified atom stereocenters. The zero-order valence-corrected chi connectivity index (χ0v) is 19.1. The van der Waals surface area contributed by atoms with E-state index < -0.39 is 6.10 Å². The van der Waals surface area contributed by atoms with E-state index in [1.807, 2.05) is 40.9 Å². The maximum atomic E-state index is 12.3. The SMILES string of the molecule is CC(=O)N1C[C@H](O)C[C@@H]1c1nc(-c2ccc(OCCn3nccn3)cc2)c2cnc3[nH]ccc3n12. The Hall–Kier alpha value is -4.25. The molecule has 1 aliphatic rings. The lowest BCUT2D eigenvalue weighted by atomic mass is 10.1. The number of aromatic amines is 1. The van der Waals surface area contributed by atoms with E-state index in [0.29, 0.717) is 31.9 Å². The van der Waals surface area contributed by atoms with Crippen LogP contribution in [0.1, 0.15) is 25.2 Å². The smallest absolute Gasteiger partial charge is 0.220 e. The van der Waals surface area contributed by atoms with E-state index in [9.17, 15) is 9.90 Å². The van der Waals surface area contributed by atoms with Crippen LogP contribution in [-0.2, 0) is 11.3 Å². The Morgan fingerprint density at radius 3 is 2.74 bits per heavy atom. The Labute approximate surface area is 200 Å². The monoisotopic (exact) mass is 472 g/mol. The summed E-state index contributed by atoms with van der Waals surface area (Å²) >= 11 is 0. The van der Waals surface area contributed by atoms with Gasteiger partial charge in [-0.1, -0.05) is 0 Å². The molecule has 35 heavy (non-hydrogen) atoms. The van der Waals surface area contributed by atoms with Crippen molar-refractivity contribution in [3.05, 3.63) is 60.9 Å². The van der Waals surface area contributed by atoms with Crippen molar-refractivity contribution in [3.8, 4) is 17.0 Å². The van der Waals surface area contributed by atoms with Crippen LogP contribution in [0.4, 0.5) is 0 Å². The number of fused-ring (bicyclic) bond motifs is 3. The minimum absolute atomic E-state index is 0.0870. The highest BCUT2D eigenvalue weighted by atomic mass is 16.5. The molecular formula is C24H24N8O3. The summed E-state index contributed by atoms with van der Waals surface area (Å²) in [7, 11) is 0. The maximum absolute atomic E-state index is 12.3. The van der Waals surface area contributed by atoms with Crippen LogP contribution < -0.4 is 4.74 Å². The Balaban J connectivity index is 1.37. The zero-order chi connectivity index (χ0) is 23.9. The second-order valence-corrected chi connectivity index (χ2v) is 8.58. The first-order valence-corrected chi connectivity index (χ1v) is 11.5. The fraction of sp³-hybridized carbons (Fsp3) is 0.292. The highest BCUT2D eigenvalue weighted by Gasteiger charge is 2.37. The van der Waals surface area contributed by atoms with Crippen LogP contribution in [0.2, 0.25) is 0 Å². The van der Waals surface area contributed by atoms with E-state index >= 15 is 0 Å². The van der Waals surface area contributed by atoms with Crippen molar-refractivity contribution < 1.29 is 14.6 Å². The summed E-state index contributed by atoms with van der Waals surface area (Å²) in [6.45, 7) is 2.83. The number of imidazole rings is 1. The van der Waals surface area contributed by atoms with Crippen LogP contribution in [0.3, 0.4) is 0 Å². The molecule has 0 aliphatic carbocycles. The number of aromatic nitrogens is 7. The summed E-state index contributed by atoms with van der Waals surface area (Å²) in [4.78, 5) is 28.3. The van der Waals surface area contributed by atoms with Gasteiger partial charge in [0.15, 0.2) is 5.65 Å². The number of carbonyl (C=O) groups is 1. The van der Waals surface area contributed by atoms with Gasteiger partial charge in [-0.25, -0.2) is 9.97 Å². The zero-order valence-electron chi connectivity index (χ0n) is 19.1. The molecule has 1 aliphatic heterocycles. The fourth-order valence-electron chi connectivity index (χ4n) is 4.74. The molecule has 2 N–H and O–H groups in total. The molecule has 5 heterocycles. The van der Waals surface area contributed by atoms with Gasteiger partial charge in [-0.15, -0.1) is 0 Å². The van der Waals surface area contributed by atoms with Crippen LogP contribution in [0.5, 0.6) is 5.75 Å². The first-order chi connectivity index (χ1) is 17.1. The molecule has 0 spiro atoms. The molecule has 1 saturated heterocycles. The first kappa shape index (κ1) is 21.3. The molecule has 11 nitrogen and oxygen atoms in total. The van der Waals surface area contributed by atoms with Gasteiger partial charge in [0, 0.05) is 31.6 Å². The number of H-pyrrole nitrogens is 1. The van der Waals surface area contributed by atoms with Gasteiger partial charge in [0.05, 0.1) is 54.0 Å². The third-order valence-electron chi connectivity index (χ3n) is 6.34. The Bertz CT molecular complexity index is 1490. The number of rotatable bonds is 6. The molecule has 1 amide bonds. The molecule has 11 heteroatoms. The Morgan fingerprint density at radius 1 is 1.17 bits per heavy atom. The van der Waals surface area contributed by atoms with E-state index in [0.717, 1.165) is 33.7 Å². The van der Waals surface area contributed by atoms with Crippen LogP contribution in [0, 0.1) is 0 Å². The average molecular weight is 473 g/mol. The highest BCUT2D eigenvalue weighted by Crippen LogP contribution is 2.37. The van der Waals surface area contributed by atoms with Gasteiger partial charge in [-0.05, 0) is 30.3 Å². The number of aliphatic hydroxyl groups is 1. The number of ether oxygens (including phenoxy) is 1. The third-order valence-corrected chi connectivity index (χ3v) is 6.34. The summed E-state index contributed by atoms with van der Waals surface area (Å²) in [6, 6.07) is 9.34. The third kappa shape index (κ3) is 3.79. The van der Waals surface area contributed by atoms with Crippen LogP contribution in [-0.4, -0.2) is 69.5 Å². The van der Waals surface area contributed by atoms with Crippen LogP contribution in [0.15, 0.2) is 55.1 Å². The normalized spacial score (nSPS) is 18.1. The summed E-state index contributed by atoms with van der Waals surface area (Å²) in [5, 5.41) is 18.5. The molecule has 0 bridgehead atoms. The van der Waals surface area contributed by atoms with Gasteiger partial charge < -0.3 is 19.7 Å². The second kappa shape index (κ2) is 8.51. The minimum atomic E-state index is -0.586. The van der Waals surface area contributed by atoms with Gasteiger partial charge in [0.25, 0.3) is 0 Å². The molecule has 6 rings (SSSR count). The minimum Gasteiger partial charge on any atom is -0.492 e. The number of nitrogens with one attached hydrogen (secondary N) is 1.